The van der Waals surface area contributed by atoms with E-state index in [-0.39, 0.29) is 44.7 Å². The topological polar surface area (TPSA) is 56.4 Å². The molecular weight excluding hydrogens is 1180 g/mol. The van der Waals surface area contributed by atoms with Crippen LogP contribution in [0.3, 0.4) is 0 Å². The molecule has 422 valence electrons. The molecule has 0 radical (unpaired) electrons. The third-order valence-corrected chi connectivity index (χ3v) is 21.4. The highest BCUT2D eigenvalue weighted by molar-refractivity contribution is 7.26. The van der Waals surface area contributed by atoms with Gasteiger partial charge in [-0.1, -0.05) is 121 Å². The van der Waals surface area contributed by atoms with Crippen molar-refractivity contribution >= 4 is 182 Å². The third kappa shape index (κ3) is 6.98. The first kappa shape index (κ1) is 50.6. The summed E-state index contributed by atoms with van der Waals surface area (Å²) in [5, 5.41) is 24.9. The van der Waals surface area contributed by atoms with Crippen molar-refractivity contribution < 1.29 is 26.3 Å². The smallest absolute Gasteiger partial charge is 0.305 e. The number of nitriles is 1. The van der Waals surface area contributed by atoms with Gasteiger partial charge in [0.1, 0.15) is 23.0 Å². The Kier molecular flexibility index (Phi) is 10.1. The van der Waals surface area contributed by atoms with Crippen molar-refractivity contribution in [3.05, 3.63) is 235 Å². The van der Waals surface area contributed by atoms with E-state index in [2.05, 4.69) is 89.5 Å². The second-order valence-electron chi connectivity index (χ2n) is 22.7. The molecule has 0 saturated carbocycles. The van der Waals surface area contributed by atoms with Crippen molar-refractivity contribution in [2.24, 2.45) is 0 Å². The van der Waals surface area contributed by atoms with Gasteiger partial charge < -0.3 is 9.13 Å². The van der Waals surface area contributed by atoms with E-state index in [1.807, 2.05) is 112 Å². The Morgan fingerprint density at radius 1 is 0.292 bits per heavy atom. The summed E-state index contributed by atoms with van der Waals surface area (Å²) in [5.74, 6) is 0.146. The fourth-order valence-electron chi connectivity index (χ4n) is 14.3. The van der Waals surface area contributed by atoms with Crippen LogP contribution in [-0.4, -0.2) is 23.3 Å². The quantitative estimate of drug-likeness (QED) is 0.165. The fraction of sp³-hybridized carbons (Fsp3) is 0.0270. The number of pyridine rings is 1. The highest BCUT2D eigenvalue weighted by Crippen LogP contribution is 2.50. The Balaban J connectivity index is 1.09. The average molecular weight is 1220 g/mol. The van der Waals surface area contributed by atoms with E-state index in [9.17, 15) is 5.26 Å². The molecule has 8 aromatic heterocycles. The molecule has 6 nitrogen and oxygen atoms in total. The minimum atomic E-state index is -4.87. The summed E-state index contributed by atoms with van der Waals surface area (Å²) in [6.07, 6.45) is -9.73. The minimum absolute atomic E-state index is 0.0589. The number of hydrogen-bond acceptors (Lipinski definition) is 5. The highest BCUT2D eigenvalue weighted by atomic mass is 32.1. The Hall–Kier alpha value is -10.5. The molecule has 19 rings (SSSR count). The molecule has 8 heterocycles. The van der Waals surface area contributed by atoms with E-state index >= 15 is 26.3 Å². The predicted molar refractivity (Wildman–Crippen MR) is 355 cm³/mol. The summed E-state index contributed by atoms with van der Waals surface area (Å²) < 4.78 is 106. The first-order chi connectivity index (χ1) is 43.4. The maximum Gasteiger partial charge on any atom is 0.416 e. The van der Waals surface area contributed by atoms with Crippen molar-refractivity contribution in [3.63, 3.8) is 0 Å². The first-order valence-electron chi connectivity index (χ1n) is 28.6. The number of thiophene rings is 3. The van der Waals surface area contributed by atoms with Crippen LogP contribution in [0.2, 0.25) is 0 Å². The van der Waals surface area contributed by atoms with Crippen LogP contribution in [-0.2, 0) is 12.4 Å². The number of hydrogen-bond donors (Lipinski definition) is 0. The number of alkyl halides is 6. The van der Waals surface area contributed by atoms with Crippen LogP contribution >= 0.6 is 34.0 Å². The van der Waals surface area contributed by atoms with Gasteiger partial charge in [0.2, 0.25) is 0 Å². The second kappa shape index (κ2) is 17.8. The Bertz CT molecular complexity index is 6360. The van der Waals surface area contributed by atoms with Gasteiger partial charge in [-0.2, -0.15) is 31.6 Å². The molecule has 0 saturated heterocycles. The first-order valence-corrected chi connectivity index (χ1v) is 31.1. The van der Waals surface area contributed by atoms with E-state index < -0.39 is 23.5 Å². The van der Waals surface area contributed by atoms with E-state index in [1.165, 1.54) is 16.7 Å². The number of aromatic nitrogens is 5. The molecule has 0 N–H and O–H groups in total. The number of para-hydroxylation sites is 3. The number of halogens is 6. The molecule has 0 aliphatic carbocycles. The standard InChI is InChI=1S/C74H36F6N6S3/c75-73(76,77)38-25-27-43-44-28-26-39(74(78,79)80)30-59(44)86(58(43)29-38)72-70(84-56-20-8-2-14-41(56)49-32-52-46-17-5-11-23-64(46)88-67(52)35-61(49)84)54(37-81)69(83-55-19-7-1-13-40(55)48-31-51-45-16-4-10-22-63(45)87-66(51)34-60(48)83)71(82-72)85-57-21-9-3-15-42(57)50-33-53-47-18-6-12-24-65(47)89-68(53)36-62(50)85/h1-36H. The van der Waals surface area contributed by atoms with Crippen LogP contribution in [0, 0.1) is 11.3 Å². The largest absolute Gasteiger partial charge is 0.416 e. The van der Waals surface area contributed by atoms with Gasteiger partial charge in [-0.3, -0.25) is 9.13 Å². The monoisotopic (exact) mass is 1220 g/mol. The van der Waals surface area contributed by atoms with Crippen LogP contribution in [0.1, 0.15) is 16.7 Å². The van der Waals surface area contributed by atoms with Gasteiger partial charge in [-0.15, -0.1) is 34.0 Å². The zero-order valence-corrected chi connectivity index (χ0v) is 48.4. The molecule has 11 aromatic carbocycles. The van der Waals surface area contributed by atoms with Crippen LogP contribution < -0.4 is 0 Å². The summed E-state index contributed by atoms with van der Waals surface area (Å²) in [4.78, 5) is 5.99. The van der Waals surface area contributed by atoms with Crippen molar-refractivity contribution in [1.82, 2.24) is 23.3 Å². The molecule has 0 aliphatic heterocycles. The van der Waals surface area contributed by atoms with Gasteiger partial charge >= 0.3 is 12.4 Å². The summed E-state index contributed by atoms with van der Waals surface area (Å²) in [6.45, 7) is 0. The van der Waals surface area contributed by atoms with Crippen molar-refractivity contribution in [2.45, 2.75) is 12.4 Å². The third-order valence-electron chi connectivity index (χ3n) is 18.0. The normalized spacial score (nSPS) is 12.8. The van der Waals surface area contributed by atoms with E-state index in [1.54, 1.807) is 34.0 Å². The SMILES string of the molecule is N#Cc1c(-n2c3ccccc3c3cc4c(cc32)sc2ccccc24)c(-n2c3cc(C(F)(F)F)ccc3c3ccc(C(F)(F)F)cc32)nc(-n2c3ccccc3c3cc4c(cc32)sc2ccccc24)c1-n1c2ccccc2c2cc3c(cc21)sc1ccccc13. The minimum Gasteiger partial charge on any atom is -0.305 e. The van der Waals surface area contributed by atoms with Gasteiger partial charge in [0.15, 0.2) is 11.6 Å². The zero-order chi connectivity index (χ0) is 59.5. The number of nitrogens with zero attached hydrogens (tertiary/aromatic N) is 6. The van der Waals surface area contributed by atoms with Crippen LogP contribution in [0.4, 0.5) is 26.3 Å². The molecule has 0 amide bonds. The van der Waals surface area contributed by atoms with Gasteiger partial charge in [-0.25, -0.2) is 4.98 Å². The Labute approximate surface area is 510 Å². The molecule has 0 unspecified atom stereocenters. The highest BCUT2D eigenvalue weighted by Gasteiger charge is 2.37. The Morgan fingerprint density at radius 3 is 0.966 bits per heavy atom. The average Bonchev–Trinajstić information content (AvgIpc) is 1.61. The molecule has 0 atom stereocenters. The molecule has 19 aromatic rings. The molecule has 0 spiro atoms. The summed E-state index contributed by atoms with van der Waals surface area (Å²) >= 11 is 4.91. The molecule has 0 fully saturated rings. The Morgan fingerprint density at radius 2 is 0.596 bits per heavy atom. The van der Waals surface area contributed by atoms with E-state index in [0.717, 1.165) is 134 Å². The van der Waals surface area contributed by atoms with Crippen molar-refractivity contribution in [2.75, 3.05) is 0 Å². The van der Waals surface area contributed by atoms with Crippen LogP contribution in [0.5, 0.6) is 0 Å². The lowest BCUT2D eigenvalue weighted by atomic mass is 10.1. The van der Waals surface area contributed by atoms with Gasteiger partial charge in [0, 0.05) is 104 Å². The predicted octanol–water partition coefficient (Wildman–Crippen LogP) is 22.5. The maximum atomic E-state index is 15.4. The van der Waals surface area contributed by atoms with E-state index in [4.69, 9.17) is 4.98 Å². The lowest BCUT2D eigenvalue weighted by Gasteiger charge is -2.24. The molecule has 15 heteroatoms. The fourth-order valence-corrected chi connectivity index (χ4v) is 17.6. The molecule has 0 aliphatic rings. The lowest BCUT2D eigenvalue weighted by molar-refractivity contribution is -0.138. The zero-order valence-electron chi connectivity index (χ0n) is 46.0. The molecule has 89 heavy (non-hydrogen) atoms. The number of benzene rings is 11. The maximum absolute atomic E-state index is 15.4. The summed E-state index contributed by atoms with van der Waals surface area (Å²) in [6, 6.07) is 70.7. The van der Waals surface area contributed by atoms with Crippen LogP contribution in [0.25, 0.3) is 171 Å². The van der Waals surface area contributed by atoms with E-state index in [0.29, 0.717) is 22.2 Å². The number of fused-ring (bicyclic) bond motifs is 21. The molecule has 0 bridgehead atoms. The lowest BCUT2D eigenvalue weighted by Crippen LogP contribution is -2.16. The van der Waals surface area contributed by atoms with Crippen molar-refractivity contribution in [1.29, 1.82) is 5.26 Å². The van der Waals surface area contributed by atoms with Gasteiger partial charge in [-0.05, 0) is 97.1 Å². The van der Waals surface area contributed by atoms with Crippen molar-refractivity contribution in [3.8, 4) is 29.1 Å². The number of rotatable bonds is 4. The second-order valence-corrected chi connectivity index (χ2v) is 25.9. The summed E-state index contributed by atoms with van der Waals surface area (Å²) in [7, 11) is 0. The summed E-state index contributed by atoms with van der Waals surface area (Å²) in [5.41, 5.74) is 2.62. The van der Waals surface area contributed by atoms with Crippen LogP contribution in [0.15, 0.2) is 218 Å². The van der Waals surface area contributed by atoms with Gasteiger partial charge in [0.25, 0.3) is 0 Å². The molecular formula is C74H36F6N6S3. The van der Waals surface area contributed by atoms with Gasteiger partial charge in [0.05, 0.1) is 55.3 Å².